The molecule has 1 aromatic carbocycles. The number of pyridine rings is 1. The molecular formula is C13H11F4N3. The summed E-state index contributed by atoms with van der Waals surface area (Å²) in [5.74, 6) is -0.985. The number of aryl methyl sites for hydroxylation is 1. The highest BCUT2D eigenvalue weighted by Gasteiger charge is 2.34. The molecule has 0 unspecified atom stereocenters. The van der Waals surface area contributed by atoms with Crippen molar-refractivity contribution in [3.05, 3.63) is 47.4 Å². The van der Waals surface area contributed by atoms with Gasteiger partial charge in [0, 0.05) is 5.69 Å². The Morgan fingerprint density at radius 2 is 1.90 bits per heavy atom. The zero-order valence-corrected chi connectivity index (χ0v) is 10.4. The van der Waals surface area contributed by atoms with E-state index in [9.17, 15) is 17.6 Å². The molecule has 0 saturated heterocycles. The monoisotopic (exact) mass is 285 g/mol. The zero-order chi connectivity index (χ0) is 14.9. The van der Waals surface area contributed by atoms with Gasteiger partial charge in [-0.1, -0.05) is 0 Å². The molecule has 0 saturated carbocycles. The van der Waals surface area contributed by atoms with Gasteiger partial charge in [-0.05, 0) is 36.8 Å². The van der Waals surface area contributed by atoms with Gasteiger partial charge in [-0.15, -0.1) is 0 Å². The minimum atomic E-state index is -4.74. The number of benzene rings is 1. The van der Waals surface area contributed by atoms with E-state index in [-0.39, 0.29) is 5.69 Å². The maximum Gasteiger partial charge on any atom is 0.419 e. The molecule has 0 fully saturated rings. The molecule has 0 atom stereocenters. The Labute approximate surface area is 112 Å². The third-order valence-corrected chi connectivity index (χ3v) is 2.70. The summed E-state index contributed by atoms with van der Waals surface area (Å²) in [6.07, 6.45) is -3.35. The number of nitrogens with two attached hydrogens (primary N) is 1. The molecule has 2 rings (SSSR count). The van der Waals surface area contributed by atoms with Crippen LogP contribution in [0.1, 0.15) is 11.1 Å². The number of nitrogens with one attached hydrogen (secondary N) is 1. The van der Waals surface area contributed by atoms with Gasteiger partial charge in [-0.2, -0.15) is 13.2 Å². The van der Waals surface area contributed by atoms with Crippen molar-refractivity contribution in [2.45, 2.75) is 13.1 Å². The van der Waals surface area contributed by atoms with E-state index in [0.717, 1.165) is 11.6 Å². The number of hydrogen-bond acceptors (Lipinski definition) is 3. The molecule has 7 heteroatoms. The summed E-state index contributed by atoms with van der Waals surface area (Å²) in [6, 6.07) is 4.25. The van der Waals surface area contributed by atoms with Gasteiger partial charge < -0.3 is 11.1 Å². The van der Waals surface area contributed by atoms with Crippen LogP contribution in [0.15, 0.2) is 30.5 Å². The molecule has 0 aliphatic carbocycles. The highest BCUT2D eigenvalue weighted by molar-refractivity contribution is 5.60. The second-order valence-corrected chi connectivity index (χ2v) is 4.24. The molecule has 0 spiro atoms. The summed E-state index contributed by atoms with van der Waals surface area (Å²) in [5, 5.41) is 2.68. The molecule has 3 nitrogen and oxygen atoms in total. The van der Waals surface area contributed by atoms with E-state index < -0.39 is 17.6 Å². The average molecular weight is 285 g/mol. The van der Waals surface area contributed by atoms with Crippen molar-refractivity contribution in [2.24, 2.45) is 0 Å². The molecule has 0 aliphatic heterocycles. The highest BCUT2D eigenvalue weighted by atomic mass is 19.4. The molecule has 0 bridgehead atoms. The molecule has 2 aromatic rings. The third-order valence-electron chi connectivity index (χ3n) is 2.70. The molecule has 0 aliphatic rings. The second kappa shape index (κ2) is 4.99. The molecule has 0 radical (unpaired) electrons. The number of nitrogen functional groups attached to an aromatic ring is 1. The predicted molar refractivity (Wildman–Crippen MR) is 68.1 cm³/mol. The Balaban J connectivity index is 2.32. The van der Waals surface area contributed by atoms with Crippen LogP contribution in [0.2, 0.25) is 0 Å². The third kappa shape index (κ3) is 2.98. The number of nitrogens with zero attached hydrogens (tertiary/aromatic N) is 1. The van der Waals surface area contributed by atoms with E-state index in [4.69, 9.17) is 5.73 Å². The SMILES string of the molecule is Cc1cc(Nc2ccc(F)c(C(F)(F)F)c2)ncc1N. The number of anilines is 3. The average Bonchev–Trinajstić information content (AvgIpc) is 2.35. The normalized spacial score (nSPS) is 11.4. The van der Waals surface area contributed by atoms with E-state index in [1.807, 2.05) is 0 Å². The van der Waals surface area contributed by atoms with Crippen LogP contribution in [0.4, 0.5) is 34.8 Å². The first kappa shape index (κ1) is 14.1. The summed E-state index contributed by atoms with van der Waals surface area (Å²) in [4.78, 5) is 3.94. The molecule has 3 N–H and O–H groups in total. The van der Waals surface area contributed by atoms with Gasteiger partial charge in [0.25, 0.3) is 0 Å². The van der Waals surface area contributed by atoms with Crippen LogP contribution in [0.3, 0.4) is 0 Å². The minimum absolute atomic E-state index is 0.0930. The summed E-state index contributed by atoms with van der Waals surface area (Å²) >= 11 is 0. The van der Waals surface area contributed by atoms with Crippen LogP contribution in [0, 0.1) is 12.7 Å². The lowest BCUT2D eigenvalue weighted by Crippen LogP contribution is -2.08. The summed E-state index contributed by atoms with van der Waals surface area (Å²) < 4.78 is 50.9. The minimum Gasteiger partial charge on any atom is -0.397 e. The number of aromatic nitrogens is 1. The Hall–Kier alpha value is -2.31. The Kier molecular flexibility index (Phi) is 3.52. The lowest BCUT2D eigenvalue weighted by molar-refractivity contribution is -0.139. The van der Waals surface area contributed by atoms with Crippen molar-refractivity contribution in [1.29, 1.82) is 0 Å². The molecule has 1 heterocycles. The van der Waals surface area contributed by atoms with Crippen LogP contribution in [0.25, 0.3) is 0 Å². The van der Waals surface area contributed by atoms with Gasteiger partial charge in [0.15, 0.2) is 0 Å². The van der Waals surface area contributed by atoms with Crippen LogP contribution in [0.5, 0.6) is 0 Å². The second-order valence-electron chi connectivity index (χ2n) is 4.24. The number of halogens is 4. The van der Waals surface area contributed by atoms with Crippen molar-refractivity contribution in [1.82, 2.24) is 4.98 Å². The van der Waals surface area contributed by atoms with Crippen LogP contribution in [-0.2, 0) is 6.18 Å². The van der Waals surface area contributed by atoms with Gasteiger partial charge in [-0.3, -0.25) is 0 Å². The van der Waals surface area contributed by atoms with Gasteiger partial charge in [0.05, 0.1) is 17.4 Å². The highest BCUT2D eigenvalue weighted by Crippen LogP contribution is 2.33. The first-order valence-corrected chi connectivity index (χ1v) is 5.63. The van der Waals surface area contributed by atoms with Crippen molar-refractivity contribution in [3.63, 3.8) is 0 Å². The first-order chi connectivity index (χ1) is 9.27. The summed E-state index contributed by atoms with van der Waals surface area (Å²) in [7, 11) is 0. The topological polar surface area (TPSA) is 50.9 Å². The van der Waals surface area contributed by atoms with Gasteiger partial charge >= 0.3 is 6.18 Å². The standard InChI is InChI=1S/C13H11F4N3/c1-7-4-12(19-6-11(7)18)20-8-2-3-10(14)9(5-8)13(15,16)17/h2-6H,18H2,1H3,(H,19,20). The molecule has 20 heavy (non-hydrogen) atoms. The smallest absolute Gasteiger partial charge is 0.397 e. The first-order valence-electron chi connectivity index (χ1n) is 5.63. The number of alkyl halides is 3. The van der Waals surface area contributed by atoms with E-state index in [2.05, 4.69) is 10.3 Å². The van der Waals surface area contributed by atoms with Crippen LogP contribution in [-0.4, -0.2) is 4.98 Å². The van der Waals surface area contributed by atoms with Crippen molar-refractivity contribution in [2.75, 3.05) is 11.1 Å². The van der Waals surface area contributed by atoms with Crippen molar-refractivity contribution >= 4 is 17.2 Å². The Morgan fingerprint density at radius 1 is 1.20 bits per heavy atom. The van der Waals surface area contributed by atoms with Crippen molar-refractivity contribution < 1.29 is 17.6 Å². The van der Waals surface area contributed by atoms with Gasteiger partial charge in [-0.25, -0.2) is 9.37 Å². The Bertz CT molecular complexity index is 638. The van der Waals surface area contributed by atoms with E-state index >= 15 is 0 Å². The zero-order valence-electron chi connectivity index (χ0n) is 10.4. The quantitative estimate of drug-likeness (QED) is 0.823. The largest absolute Gasteiger partial charge is 0.419 e. The summed E-state index contributed by atoms with van der Waals surface area (Å²) in [5.41, 5.74) is 5.58. The van der Waals surface area contributed by atoms with Crippen molar-refractivity contribution in [3.8, 4) is 0 Å². The van der Waals surface area contributed by atoms with E-state index in [1.165, 1.54) is 12.3 Å². The van der Waals surface area contributed by atoms with Gasteiger partial charge in [0.2, 0.25) is 0 Å². The predicted octanol–water partition coefficient (Wildman–Crippen LogP) is 3.87. The lowest BCUT2D eigenvalue weighted by Gasteiger charge is -2.12. The fourth-order valence-electron chi connectivity index (χ4n) is 1.60. The fourth-order valence-corrected chi connectivity index (χ4v) is 1.60. The Morgan fingerprint density at radius 3 is 2.50 bits per heavy atom. The van der Waals surface area contributed by atoms with Gasteiger partial charge in [0.1, 0.15) is 11.6 Å². The molecule has 1 aromatic heterocycles. The van der Waals surface area contributed by atoms with E-state index in [0.29, 0.717) is 17.6 Å². The maximum atomic E-state index is 13.1. The number of rotatable bonds is 2. The summed E-state index contributed by atoms with van der Waals surface area (Å²) in [6.45, 7) is 1.74. The molecule has 106 valence electrons. The fraction of sp³-hybridized carbons (Fsp3) is 0.154. The lowest BCUT2D eigenvalue weighted by atomic mass is 10.1. The maximum absolute atomic E-state index is 13.1. The number of hydrogen-bond donors (Lipinski definition) is 2. The van der Waals surface area contributed by atoms with Crippen LogP contribution >= 0.6 is 0 Å². The molecule has 0 amide bonds. The van der Waals surface area contributed by atoms with E-state index in [1.54, 1.807) is 13.0 Å². The van der Waals surface area contributed by atoms with Crippen LogP contribution < -0.4 is 11.1 Å². The molecular weight excluding hydrogens is 274 g/mol.